The van der Waals surface area contributed by atoms with Crippen molar-refractivity contribution in [2.24, 2.45) is 11.1 Å². The zero-order valence-electron chi connectivity index (χ0n) is 11.3. The number of primary sulfonamides is 1. The molecule has 0 spiro atoms. The number of carbonyl (C=O) groups excluding carboxylic acids is 1. The molecule has 1 heterocycles. The van der Waals surface area contributed by atoms with Crippen LogP contribution in [-0.4, -0.2) is 34.1 Å². The molecule has 1 aliphatic rings. The summed E-state index contributed by atoms with van der Waals surface area (Å²) in [7, 11) is -3.83. The van der Waals surface area contributed by atoms with Crippen LogP contribution in [0.1, 0.15) is 23.2 Å². The lowest BCUT2D eigenvalue weighted by Gasteiger charge is -2.22. The van der Waals surface area contributed by atoms with Crippen molar-refractivity contribution >= 4 is 31.9 Å². The van der Waals surface area contributed by atoms with Crippen LogP contribution in [0.2, 0.25) is 0 Å². The van der Waals surface area contributed by atoms with Crippen molar-refractivity contribution in [3.05, 3.63) is 28.2 Å². The van der Waals surface area contributed by atoms with Gasteiger partial charge in [-0.05, 0) is 52.9 Å². The van der Waals surface area contributed by atoms with Gasteiger partial charge < -0.3 is 10.1 Å². The maximum absolute atomic E-state index is 12.2. The molecule has 6 nitrogen and oxygen atoms in total. The number of amides is 1. The van der Waals surface area contributed by atoms with Gasteiger partial charge in [0.15, 0.2) is 0 Å². The first-order valence-corrected chi connectivity index (χ1v) is 8.90. The Hall–Kier alpha value is -0.960. The molecular formula is C13H17BrN2O4S. The molecule has 8 heteroatoms. The fourth-order valence-corrected chi connectivity index (χ4v) is 3.10. The second-order valence-electron chi connectivity index (χ2n) is 4.95. The van der Waals surface area contributed by atoms with E-state index in [0.717, 1.165) is 12.8 Å². The molecule has 0 aliphatic carbocycles. The smallest absolute Gasteiger partial charge is 0.252 e. The van der Waals surface area contributed by atoms with Crippen molar-refractivity contribution in [3.8, 4) is 0 Å². The number of hydrogen-bond acceptors (Lipinski definition) is 4. The lowest BCUT2D eigenvalue weighted by atomic mass is 10.0. The highest BCUT2D eigenvalue weighted by Gasteiger charge is 2.18. The topological polar surface area (TPSA) is 98.5 Å². The van der Waals surface area contributed by atoms with Crippen LogP contribution in [0.3, 0.4) is 0 Å². The predicted molar refractivity (Wildman–Crippen MR) is 81.4 cm³/mol. The van der Waals surface area contributed by atoms with Crippen molar-refractivity contribution in [1.82, 2.24) is 5.32 Å². The molecule has 0 radical (unpaired) electrons. The van der Waals surface area contributed by atoms with Crippen LogP contribution in [0.4, 0.5) is 0 Å². The maximum Gasteiger partial charge on any atom is 0.252 e. The molecular weight excluding hydrogens is 360 g/mol. The molecule has 0 bridgehead atoms. The highest BCUT2D eigenvalue weighted by molar-refractivity contribution is 9.10. The standard InChI is InChI=1S/C13H17BrN2O4S/c14-12-2-1-10(21(15,18)19)7-11(12)13(17)16-8-9-3-5-20-6-4-9/h1-2,7,9H,3-6,8H2,(H,16,17)(H2,15,18,19). The molecule has 1 aromatic carbocycles. The maximum atomic E-state index is 12.2. The van der Waals surface area contributed by atoms with Crippen molar-refractivity contribution in [2.45, 2.75) is 17.7 Å². The number of carbonyl (C=O) groups is 1. The number of benzene rings is 1. The van der Waals surface area contributed by atoms with Crippen LogP contribution in [0.5, 0.6) is 0 Å². The number of nitrogens with one attached hydrogen (secondary N) is 1. The zero-order chi connectivity index (χ0) is 15.5. The number of ether oxygens (including phenoxy) is 1. The molecule has 3 N–H and O–H groups in total. The lowest BCUT2D eigenvalue weighted by molar-refractivity contribution is 0.0642. The lowest BCUT2D eigenvalue weighted by Crippen LogP contribution is -2.32. The number of rotatable bonds is 4. The van der Waals surface area contributed by atoms with Gasteiger partial charge in [-0.2, -0.15) is 0 Å². The van der Waals surface area contributed by atoms with Crippen molar-refractivity contribution in [1.29, 1.82) is 0 Å². The van der Waals surface area contributed by atoms with Gasteiger partial charge in [-0.1, -0.05) is 0 Å². The fourth-order valence-electron chi connectivity index (χ4n) is 2.14. The van der Waals surface area contributed by atoms with Gasteiger partial charge in [-0.15, -0.1) is 0 Å². The van der Waals surface area contributed by atoms with Crippen molar-refractivity contribution in [3.63, 3.8) is 0 Å². The van der Waals surface area contributed by atoms with Gasteiger partial charge in [0.05, 0.1) is 10.5 Å². The average molecular weight is 377 g/mol. The summed E-state index contributed by atoms with van der Waals surface area (Å²) in [6, 6.07) is 4.14. The third-order valence-electron chi connectivity index (χ3n) is 3.40. The van der Waals surface area contributed by atoms with E-state index in [0.29, 0.717) is 30.1 Å². The Kier molecular flexibility index (Phi) is 5.37. The molecule has 1 fully saturated rings. The Bertz CT molecular complexity index is 627. The second-order valence-corrected chi connectivity index (χ2v) is 7.37. The predicted octanol–water partition coefficient (Wildman–Crippen LogP) is 1.25. The molecule has 0 unspecified atom stereocenters. The second kappa shape index (κ2) is 6.87. The Balaban J connectivity index is 2.07. The minimum absolute atomic E-state index is 0.0816. The number of halogens is 1. The third kappa shape index (κ3) is 4.50. The van der Waals surface area contributed by atoms with E-state index in [1.807, 2.05) is 0 Å². The largest absolute Gasteiger partial charge is 0.381 e. The summed E-state index contributed by atoms with van der Waals surface area (Å²) in [4.78, 5) is 12.1. The van der Waals surface area contributed by atoms with Gasteiger partial charge in [-0.25, -0.2) is 13.6 Å². The van der Waals surface area contributed by atoms with Gasteiger partial charge in [0.25, 0.3) is 5.91 Å². The van der Waals surface area contributed by atoms with Crippen LogP contribution in [0.15, 0.2) is 27.6 Å². The Labute approximate surface area is 132 Å². The molecule has 1 aliphatic heterocycles. The van der Waals surface area contributed by atoms with E-state index in [2.05, 4.69) is 21.2 Å². The van der Waals surface area contributed by atoms with Crippen LogP contribution in [0.25, 0.3) is 0 Å². The Morgan fingerprint density at radius 3 is 2.67 bits per heavy atom. The normalized spacial score (nSPS) is 16.7. The molecule has 1 amide bonds. The summed E-state index contributed by atoms with van der Waals surface area (Å²) < 4.78 is 28.5. The van der Waals surface area contributed by atoms with Gasteiger partial charge in [0.1, 0.15) is 0 Å². The minimum Gasteiger partial charge on any atom is -0.381 e. The van der Waals surface area contributed by atoms with Crippen LogP contribution < -0.4 is 10.5 Å². The van der Waals surface area contributed by atoms with Gasteiger partial charge in [0, 0.05) is 24.2 Å². The first kappa shape index (κ1) is 16.4. The average Bonchev–Trinajstić information content (AvgIpc) is 2.45. The van der Waals surface area contributed by atoms with Gasteiger partial charge in [0.2, 0.25) is 10.0 Å². The van der Waals surface area contributed by atoms with Gasteiger partial charge >= 0.3 is 0 Å². The summed E-state index contributed by atoms with van der Waals surface area (Å²) in [5.74, 6) is 0.0711. The molecule has 1 saturated heterocycles. The zero-order valence-corrected chi connectivity index (χ0v) is 13.7. The van der Waals surface area contributed by atoms with E-state index in [1.165, 1.54) is 18.2 Å². The fraction of sp³-hybridized carbons (Fsp3) is 0.462. The molecule has 116 valence electrons. The molecule has 0 aromatic heterocycles. The Morgan fingerprint density at radius 1 is 1.38 bits per heavy atom. The number of sulfonamides is 1. The molecule has 0 saturated carbocycles. The summed E-state index contributed by atoms with van der Waals surface area (Å²) in [5, 5.41) is 7.91. The number of nitrogens with two attached hydrogens (primary N) is 1. The summed E-state index contributed by atoms with van der Waals surface area (Å²) in [6.07, 6.45) is 1.83. The quantitative estimate of drug-likeness (QED) is 0.825. The first-order valence-electron chi connectivity index (χ1n) is 6.56. The molecule has 1 aromatic rings. The summed E-state index contributed by atoms with van der Waals surface area (Å²) in [6.45, 7) is 1.98. The van der Waals surface area contributed by atoms with Crippen LogP contribution in [-0.2, 0) is 14.8 Å². The monoisotopic (exact) mass is 376 g/mol. The van der Waals surface area contributed by atoms with E-state index < -0.39 is 10.0 Å². The van der Waals surface area contributed by atoms with E-state index in [9.17, 15) is 13.2 Å². The third-order valence-corrected chi connectivity index (χ3v) is 5.01. The van der Waals surface area contributed by atoms with Crippen LogP contribution >= 0.6 is 15.9 Å². The van der Waals surface area contributed by atoms with E-state index >= 15 is 0 Å². The molecule has 0 atom stereocenters. The molecule has 21 heavy (non-hydrogen) atoms. The van der Waals surface area contributed by atoms with E-state index in [4.69, 9.17) is 9.88 Å². The number of hydrogen-bond donors (Lipinski definition) is 2. The van der Waals surface area contributed by atoms with Gasteiger partial charge in [-0.3, -0.25) is 4.79 Å². The summed E-state index contributed by atoms with van der Waals surface area (Å²) >= 11 is 3.25. The first-order chi connectivity index (χ1) is 9.88. The van der Waals surface area contributed by atoms with E-state index in [-0.39, 0.29) is 16.4 Å². The minimum atomic E-state index is -3.83. The van der Waals surface area contributed by atoms with Crippen LogP contribution in [0, 0.1) is 5.92 Å². The Morgan fingerprint density at radius 2 is 2.05 bits per heavy atom. The van der Waals surface area contributed by atoms with E-state index in [1.54, 1.807) is 0 Å². The van der Waals surface area contributed by atoms with Crippen molar-refractivity contribution in [2.75, 3.05) is 19.8 Å². The highest BCUT2D eigenvalue weighted by Crippen LogP contribution is 2.21. The summed E-state index contributed by atoms with van der Waals surface area (Å²) in [5.41, 5.74) is 0.258. The SMILES string of the molecule is NS(=O)(=O)c1ccc(Br)c(C(=O)NCC2CCOCC2)c1. The molecule has 2 rings (SSSR count). The van der Waals surface area contributed by atoms with Crippen molar-refractivity contribution < 1.29 is 17.9 Å². The highest BCUT2D eigenvalue weighted by atomic mass is 79.9.